The van der Waals surface area contributed by atoms with Crippen molar-refractivity contribution in [2.45, 2.75) is 125 Å². The molecule has 2 rings (SSSR count). The van der Waals surface area contributed by atoms with Gasteiger partial charge in [-0.2, -0.15) is 0 Å². The number of allylic oxidation sites excluding steroid dienone is 1. The molecule has 2 aromatic rings. The van der Waals surface area contributed by atoms with Crippen LogP contribution in [0.5, 0.6) is 0 Å². The van der Waals surface area contributed by atoms with Gasteiger partial charge < -0.3 is 24.2 Å². The van der Waals surface area contributed by atoms with E-state index >= 15 is 0 Å². The fourth-order valence-electron chi connectivity index (χ4n) is 5.53. The summed E-state index contributed by atoms with van der Waals surface area (Å²) in [6.07, 6.45) is 0.332. The van der Waals surface area contributed by atoms with Crippen LogP contribution in [-0.4, -0.2) is 33.6 Å². The minimum absolute atomic E-state index is 0.0285. The van der Waals surface area contributed by atoms with E-state index in [0.29, 0.717) is 63.7 Å². The van der Waals surface area contributed by atoms with Crippen LogP contribution in [0.2, 0.25) is 0 Å². The number of aryl methyl sites for hydroxylation is 1. The molecule has 39 heavy (non-hydrogen) atoms. The van der Waals surface area contributed by atoms with Gasteiger partial charge in [0.15, 0.2) is 10.9 Å². The predicted molar refractivity (Wildman–Crippen MR) is 155 cm³/mol. The average Bonchev–Trinajstić information content (AvgIpc) is 2.92. The van der Waals surface area contributed by atoms with E-state index in [4.69, 9.17) is 8.83 Å². The Kier molecular flexibility index (Phi) is 11.1. The van der Waals surface area contributed by atoms with Gasteiger partial charge in [-0.05, 0) is 46.6 Å². The molecule has 0 bridgehead atoms. The fourth-order valence-corrected chi connectivity index (χ4v) is 5.53. The Morgan fingerprint density at radius 2 is 1.26 bits per heavy atom. The molecule has 0 aliphatic carbocycles. The van der Waals surface area contributed by atoms with Crippen LogP contribution in [0.4, 0.5) is 0 Å². The molecule has 0 spiro atoms. The van der Waals surface area contributed by atoms with Crippen LogP contribution in [0.15, 0.2) is 30.1 Å². The summed E-state index contributed by atoms with van der Waals surface area (Å²) in [7, 11) is 0. The first kappa shape index (κ1) is 32.7. The number of aliphatic hydroxyl groups excluding tert-OH is 3. The quantitative estimate of drug-likeness (QED) is 0.321. The Morgan fingerprint density at radius 1 is 0.769 bits per heavy atom. The molecule has 2 heterocycles. The highest BCUT2D eigenvalue weighted by Crippen LogP contribution is 2.33. The largest absolute Gasteiger partial charge is 0.465 e. The van der Waals surface area contributed by atoms with E-state index in [-0.39, 0.29) is 22.7 Å². The standard InChI is InChI=1S/C32H48O7/c1-12-24(33)17(5)31-22(10)29(37)23(11)32(39-31)21(9)28(36)19(7)26(34)15(3)14-16(4)30-20(8)27(35)18(6)25(13-2)38-30/h14,16-17,19,21,24,26,28,33-34,36H,12-13H2,1-11H3/t16-,17+,19+,21-,24+,26-,28-/m0/s1. The summed E-state index contributed by atoms with van der Waals surface area (Å²) in [6.45, 7) is 19.8. The molecule has 0 aliphatic rings. The van der Waals surface area contributed by atoms with E-state index in [2.05, 4.69) is 0 Å². The zero-order valence-corrected chi connectivity index (χ0v) is 25.5. The van der Waals surface area contributed by atoms with Gasteiger partial charge in [0.2, 0.25) is 0 Å². The van der Waals surface area contributed by atoms with Crippen LogP contribution >= 0.6 is 0 Å². The van der Waals surface area contributed by atoms with Gasteiger partial charge in [-0.25, -0.2) is 0 Å². The third-order valence-corrected chi connectivity index (χ3v) is 8.43. The molecular weight excluding hydrogens is 496 g/mol. The third-order valence-electron chi connectivity index (χ3n) is 8.43. The second kappa shape index (κ2) is 13.2. The molecule has 0 saturated carbocycles. The summed E-state index contributed by atoms with van der Waals surface area (Å²) in [5.41, 5.74) is 2.50. The maximum atomic E-state index is 13.0. The Labute approximate surface area is 232 Å². The summed E-state index contributed by atoms with van der Waals surface area (Å²) >= 11 is 0. The van der Waals surface area contributed by atoms with Crippen LogP contribution < -0.4 is 10.9 Å². The summed E-state index contributed by atoms with van der Waals surface area (Å²) in [4.78, 5) is 25.7. The average molecular weight is 545 g/mol. The second-order valence-electron chi connectivity index (χ2n) is 11.3. The van der Waals surface area contributed by atoms with Crippen molar-refractivity contribution in [1.29, 1.82) is 0 Å². The normalized spacial score (nSPS) is 17.8. The lowest BCUT2D eigenvalue weighted by molar-refractivity contribution is 0.0212. The number of hydrogen-bond donors (Lipinski definition) is 3. The van der Waals surface area contributed by atoms with Crippen molar-refractivity contribution in [1.82, 2.24) is 0 Å². The van der Waals surface area contributed by atoms with Crippen molar-refractivity contribution in [3.05, 3.63) is 77.4 Å². The zero-order valence-electron chi connectivity index (χ0n) is 25.5. The smallest absolute Gasteiger partial charge is 0.191 e. The Balaban J connectivity index is 2.38. The van der Waals surface area contributed by atoms with E-state index in [9.17, 15) is 24.9 Å². The summed E-state index contributed by atoms with van der Waals surface area (Å²) in [6, 6.07) is 0. The summed E-state index contributed by atoms with van der Waals surface area (Å²) < 4.78 is 12.3. The first-order valence-corrected chi connectivity index (χ1v) is 14.1. The van der Waals surface area contributed by atoms with Crippen LogP contribution in [-0.2, 0) is 6.42 Å². The van der Waals surface area contributed by atoms with Crippen molar-refractivity contribution in [3.63, 3.8) is 0 Å². The van der Waals surface area contributed by atoms with E-state index in [1.165, 1.54) is 0 Å². The molecule has 218 valence electrons. The van der Waals surface area contributed by atoms with Gasteiger partial charge in [0.1, 0.15) is 23.0 Å². The molecule has 7 heteroatoms. The highest BCUT2D eigenvalue weighted by molar-refractivity contribution is 5.32. The highest BCUT2D eigenvalue weighted by Gasteiger charge is 2.33. The Bertz CT molecular complexity index is 1300. The molecule has 0 radical (unpaired) electrons. The minimum Gasteiger partial charge on any atom is -0.465 e. The van der Waals surface area contributed by atoms with Crippen LogP contribution in [0.1, 0.15) is 118 Å². The van der Waals surface area contributed by atoms with E-state index in [0.717, 1.165) is 0 Å². The molecule has 0 fully saturated rings. The van der Waals surface area contributed by atoms with Gasteiger partial charge >= 0.3 is 0 Å². The molecule has 0 aliphatic heterocycles. The van der Waals surface area contributed by atoms with E-state index in [1.807, 2.05) is 33.8 Å². The monoisotopic (exact) mass is 544 g/mol. The van der Waals surface area contributed by atoms with Crippen LogP contribution in [0.25, 0.3) is 0 Å². The fraction of sp³-hybridized carbons (Fsp3) is 0.625. The summed E-state index contributed by atoms with van der Waals surface area (Å²) in [5.74, 6) is 0.215. The van der Waals surface area contributed by atoms with Gasteiger partial charge in [0.25, 0.3) is 0 Å². The van der Waals surface area contributed by atoms with Crippen LogP contribution in [0, 0.1) is 33.6 Å². The SMILES string of the molecule is CCc1oc([C@@H](C)C=C(C)[C@H](O)[C@@H](C)[C@H](O)[C@H](C)c2oc([C@H](C)[C@H](O)CC)c(C)c(=O)c2C)c(C)c(=O)c1C. The molecule has 0 amide bonds. The van der Waals surface area contributed by atoms with Crippen molar-refractivity contribution in [2.24, 2.45) is 5.92 Å². The molecule has 0 aromatic carbocycles. The van der Waals surface area contributed by atoms with Crippen LogP contribution in [0.3, 0.4) is 0 Å². The lowest BCUT2D eigenvalue weighted by Crippen LogP contribution is -2.35. The maximum absolute atomic E-state index is 13.0. The molecule has 3 N–H and O–H groups in total. The minimum atomic E-state index is -1.02. The topological polar surface area (TPSA) is 121 Å². The zero-order chi connectivity index (χ0) is 29.9. The van der Waals surface area contributed by atoms with E-state index < -0.39 is 30.1 Å². The maximum Gasteiger partial charge on any atom is 0.191 e. The first-order chi connectivity index (χ1) is 18.1. The number of rotatable bonds is 11. The lowest BCUT2D eigenvalue weighted by atomic mass is 9.83. The Morgan fingerprint density at radius 3 is 1.77 bits per heavy atom. The lowest BCUT2D eigenvalue weighted by Gasteiger charge is -2.30. The van der Waals surface area contributed by atoms with Crippen molar-refractivity contribution in [3.8, 4) is 0 Å². The van der Waals surface area contributed by atoms with E-state index in [1.54, 1.807) is 48.5 Å². The predicted octanol–water partition coefficient (Wildman–Crippen LogP) is 5.47. The van der Waals surface area contributed by atoms with Gasteiger partial charge in [-0.1, -0.05) is 47.6 Å². The molecule has 0 unspecified atom stereocenters. The van der Waals surface area contributed by atoms with Gasteiger partial charge in [-0.15, -0.1) is 0 Å². The first-order valence-electron chi connectivity index (χ1n) is 14.1. The van der Waals surface area contributed by atoms with Gasteiger partial charge in [0, 0.05) is 52.3 Å². The van der Waals surface area contributed by atoms with Gasteiger partial charge in [-0.3, -0.25) is 9.59 Å². The van der Waals surface area contributed by atoms with Crippen molar-refractivity contribution in [2.75, 3.05) is 0 Å². The Hall–Kier alpha value is -2.48. The molecule has 7 atom stereocenters. The van der Waals surface area contributed by atoms with Crippen molar-refractivity contribution < 1.29 is 24.2 Å². The molecule has 0 saturated heterocycles. The number of hydrogen-bond acceptors (Lipinski definition) is 7. The van der Waals surface area contributed by atoms with Crippen molar-refractivity contribution >= 4 is 0 Å². The third kappa shape index (κ3) is 6.64. The molecular formula is C32H48O7. The van der Waals surface area contributed by atoms with Gasteiger partial charge in [0.05, 0.1) is 18.3 Å². The highest BCUT2D eigenvalue weighted by atomic mass is 16.4. The molecule has 7 nitrogen and oxygen atoms in total. The number of aliphatic hydroxyl groups is 3. The summed E-state index contributed by atoms with van der Waals surface area (Å²) in [5, 5.41) is 32.9. The molecule has 2 aromatic heterocycles. The second-order valence-corrected chi connectivity index (χ2v) is 11.3.